The highest BCUT2D eigenvalue weighted by atomic mass is 16.5. The Bertz CT molecular complexity index is 192. The average Bonchev–Trinajstić information content (AvgIpc) is 2.81. The van der Waals surface area contributed by atoms with Crippen LogP contribution in [0.25, 0.3) is 0 Å². The van der Waals surface area contributed by atoms with Gasteiger partial charge in [0.05, 0.1) is 6.10 Å². The van der Waals surface area contributed by atoms with E-state index in [1.165, 1.54) is 38.6 Å². The van der Waals surface area contributed by atoms with Crippen molar-refractivity contribution in [2.24, 2.45) is 5.73 Å². The van der Waals surface area contributed by atoms with E-state index >= 15 is 0 Å². The molecule has 2 unspecified atom stereocenters. The first-order valence-electron chi connectivity index (χ1n) is 6.33. The van der Waals surface area contributed by atoms with Crippen LogP contribution in [-0.2, 0) is 4.74 Å². The van der Waals surface area contributed by atoms with Crippen LogP contribution < -0.4 is 5.73 Å². The molecule has 0 spiro atoms. The van der Waals surface area contributed by atoms with Crippen LogP contribution in [0, 0.1) is 0 Å². The van der Waals surface area contributed by atoms with Gasteiger partial charge >= 0.3 is 0 Å². The minimum absolute atomic E-state index is 0.441. The maximum absolute atomic E-state index is 5.88. The molecular formula is C12H24N2O. The molecule has 1 saturated heterocycles. The van der Waals surface area contributed by atoms with Gasteiger partial charge in [0, 0.05) is 32.3 Å². The average molecular weight is 212 g/mol. The highest BCUT2D eigenvalue weighted by Gasteiger charge is 2.33. The van der Waals surface area contributed by atoms with Crippen molar-refractivity contribution < 1.29 is 4.74 Å². The monoisotopic (exact) mass is 212 g/mol. The van der Waals surface area contributed by atoms with Crippen molar-refractivity contribution in [2.75, 3.05) is 20.2 Å². The van der Waals surface area contributed by atoms with E-state index in [0.29, 0.717) is 12.1 Å². The summed E-state index contributed by atoms with van der Waals surface area (Å²) in [7, 11) is 1.82. The van der Waals surface area contributed by atoms with Crippen LogP contribution in [0.2, 0.25) is 0 Å². The van der Waals surface area contributed by atoms with Crippen molar-refractivity contribution in [3.8, 4) is 0 Å². The quantitative estimate of drug-likeness (QED) is 0.768. The van der Waals surface area contributed by atoms with Crippen LogP contribution in [0.5, 0.6) is 0 Å². The molecule has 0 bridgehead atoms. The van der Waals surface area contributed by atoms with Crippen molar-refractivity contribution >= 4 is 0 Å². The Balaban J connectivity index is 1.92. The Morgan fingerprint density at radius 3 is 2.60 bits per heavy atom. The molecule has 2 atom stereocenters. The number of hydrogen-bond acceptors (Lipinski definition) is 3. The Morgan fingerprint density at radius 1 is 1.27 bits per heavy atom. The topological polar surface area (TPSA) is 38.5 Å². The molecule has 1 heterocycles. The largest absolute Gasteiger partial charge is 0.381 e. The smallest absolute Gasteiger partial charge is 0.0599 e. The zero-order chi connectivity index (χ0) is 10.7. The second-order valence-electron chi connectivity index (χ2n) is 4.95. The minimum atomic E-state index is 0.441. The van der Waals surface area contributed by atoms with Crippen molar-refractivity contribution in [3.63, 3.8) is 0 Å². The van der Waals surface area contributed by atoms with Gasteiger partial charge in [0.25, 0.3) is 0 Å². The molecular weight excluding hydrogens is 188 g/mol. The first-order valence-corrected chi connectivity index (χ1v) is 6.33. The first-order chi connectivity index (χ1) is 7.35. The lowest BCUT2D eigenvalue weighted by Gasteiger charge is -2.42. The van der Waals surface area contributed by atoms with E-state index in [1.54, 1.807) is 0 Å². The van der Waals surface area contributed by atoms with Crippen molar-refractivity contribution in [1.82, 2.24) is 4.90 Å². The predicted molar refractivity (Wildman–Crippen MR) is 61.8 cm³/mol. The number of likely N-dealkylation sites (tertiary alicyclic amines) is 1. The van der Waals surface area contributed by atoms with E-state index in [1.807, 2.05) is 7.11 Å². The minimum Gasteiger partial charge on any atom is -0.381 e. The molecule has 1 aliphatic carbocycles. The van der Waals surface area contributed by atoms with Crippen LogP contribution in [0.1, 0.15) is 38.5 Å². The van der Waals surface area contributed by atoms with Crippen molar-refractivity contribution in [2.45, 2.75) is 56.7 Å². The van der Waals surface area contributed by atoms with Gasteiger partial charge in [0.15, 0.2) is 0 Å². The Morgan fingerprint density at radius 2 is 2.00 bits per heavy atom. The van der Waals surface area contributed by atoms with E-state index in [9.17, 15) is 0 Å². The summed E-state index contributed by atoms with van der Waals surface area (Å²) in [5.41, 5.74) is 5.88. The highest BCUT2D eigenvalue weighted by molar-refractivity contribution is 4.89. The van der Waals surface area contributed by atoms with Gasteiger partial charge in [-0.3, -0.25) is 4.90 Å². The maximum atomic E-state index is 5.88. The van der Waals surface area contributed by atoms with Gasteiger partial charge in [0.2, 0.25) is 0 Å². The van der Waals surface area contributed by atoms with E-state index in [2.05, 4.69) is 4.90 Å². The van der Waals surface area contributed by atoms with Gasteiger partial charge in [0.1, 0.15) is 0 Å². The fourth-order valence-corrected chi connectivity index (χ4v) is 3.19. The predicted octanol–water partition coefficient (Wildman–Crippen LogP) is 1.37. The number of nitrogens with zero attached hydrogens (tertiary/aromatic N) is 1. The van der Waals surface area contributed by atoms with Gasteiger partial charge in [-0.2, -0.15) is 0 Å². The van der Waals surface area contributed by atoms with E-state index < -0.39 is 0 Å². The second-order valence-corrected chi connectivity index (χ2v) is 4.95. The van der Waals surface area contributed by atoms with Crippen molar-refractivity contribution in [3.05, 3.63) is 0 Å². The summed E-state index contributed by atoms with van der Waals surface area (Å²) >= 11 is 0. The third-order valence-corrected chi connectivity index (χ3v) is 4.11. The molecule has 2 N–H and O–H groups in total. The molecule has 0 aromatic heterocycles. The summed E-state index contributed by atoms with van der Waals surface area (Å²) in [6, 6.07) is 1.38. The normalized spacial score (nSPS) is 34.8. The summed E-state index contributed by atoms with van der Waals surface area (Å²) in [5.74, 6) is 0. The number of rotatable bonds is 3. The molecule has 2 aliphatic rings. The number of methoxy groups -OCH3 is 1. The van der Waals surface area contributed by atoms with Gasteiger partial charge < -0.3 is 10.5 Å². The summed E-state index contributed by atoms with van der Waals surface area (Å²) in [4.78, 5) is 2.66. The lowest BCUT2D eigenvalue weighted by Crippen LogP contribution is -2.52. The molecule has 3 nitrogen and oxygen atoms in total. The summed E-state index contributed by atoms with van der Waals surface area (Å²) < 4.78 is 5.45. The fraction of sp³-hybridized carbons (Fsp3) is 1.00. The summed E-state index contributed by atoms with van der Waals surface area (Å²) in [5, 5.41) is 0. The zero-order valence-corrected chi connectivity index (χ0v) is 9.82. The lowest BCUT2D eigenvalue weighted by molar-refractivity contribution is -0.00303. The number of ether oxygens (including phenoxy) is 1. The molecule has 0 aromatic rings. The maximum Gasteiger partial charge on any atom is 0.0599 e. The molecule has 0 amide bonds. The van der Waals surface area contributed by atoms with Gasteiger partial charge in [-0.1, -0.05) is 12.8 Å². The molecule has 2 fully saturated rings. The fourth-order valence-electron chi connectivity index (χ4n) is 3.19. The van der Waals surface area contributed by atoms with Gasteiger partial charge in [-0.25, -0.2) is 0 Å². The summed E-state index contributed by atoms with van der Waals surface area (Å²) in [6.07, 6.45) is 8.34. The second kappa shape index (κ2) is 5.28. The van der Waals surface area contributed by atoms with Crippen LogP contribution in [0.4, 0.5) is 0 Å². The summed E-state index contributed by atoms with van der Waals surface area (Å²) in [6.45, 7) is 1.97. The van der Waals surface area contributed by atoms with Gasteiger partial charge in [-0.05, 0) is 25.7 Å². The molecule has 1 saturated carbocycles. The third kappa shape index (κ3) is 2.52. The van der Waals surface area contributed by atoms with Crippen molar-refractivity contribution in [1.29, 1.82) is 0 Å². The molecule has 3 heteroatoms. The SMILES string of the molecule is COC1CCN(C2CCCC2)C(CN)C1. The van der Waals surface area contributed by atoms with Crippen LogP contribution in [0.15, 0.2) is 0 Å². The number of nitrogens with two attached hydrogens (primary N) is 1. The standard InChI is InChI=1S/C12H24N2O/c1-15-12-6-7-14(11(8-12)9-13)10-4-2-3-5-10/h10-12H,2-9,13H2,1H3. The van der Waals surface area contributed by atoms with E-state index in [4.69, 9.17) is 10.5 Å². The van der Waals surface area contributed by atoms with Crippen LogP contribution in [-0.4, -0.2) is 43.3 Å². The molecule has 0 radical (unpaired) electrons. The van der Waals surface area contributed by atoms with Crippen LogP contribution in [0.3, 0.4) is 0 Å². The molecule has 2 rings (SSSR count). The number of hydrogen-bond donors (Lipinski definition) is 1. The van der Waals surface area contributed by atoms with E-state index in [-0.39, 0.29) is 0 Å². The number of piperidine rings is 1. The van der Waals surface area contributed by atoms with Crippen LogP contribution >= 0.6 is 0 Å². The first kappa shape index (κ1) is 11.4. The Kier molecular flexibility index (Phi) is 4.00. The highest BCUT2D eigenvalue weighted by Crippen LogP contribution is 2.29. The third-order valence-electron chi connectivity index (χ3n) is 4.11. The molecule has 0 aromatic carbocycles. The lowest BCUT2D eigenvalue weighted by atomic mass is 9.96. The Hall–Kier alpha value is -0.120. The zero-order valence-electron chi connectivity index (χ0n) is 9.82. The molecule has 1 aliphatic heterocycles. The molecule has 15 heavy (non-hydrogen) atoms. The van der Waals surface area contributed by atoms with Gasteiger partial charge in [-0.15, -0.1) is 0 Å². The molecule has 88 valence electrons. The Labute approximate surface area is 93.0 Å². The van der Waals surface area contributed by atoms with E-state index in [0.717, 1.165) is 19.0 Å².